The van der Waals surface area contributed by atoms with Crippen molar-refractivity contribution in [1.82, 2.24) is 4.90 Å². The number of amides is 1. The molecule has 17 heavy (non-hydrogen) atoms. The maximum atomic E-state index is 11.8. The number of aliphatic hydroxyl groups excluding tert-OH is 1. The Kier molecular flexibility index (Phi) is 5.49. The van der Waals surface area contributed by atoms with Crippen LogP contribution in [0, 0.1) is 0 Å². The standard InChI is InChI=1S/C13H19NO3/c1-3-10-17-12-6-4-11(5-7-12)13(16)14(2)8-9-15/h4-7,15H,3,8-10H2,1-2H3. The van der Waals surface area contributed by atoms with E-state index in [1.807, 2.05) is 6.92 Å². The molecule has 0 bridgehead atoms. The monoisotopic (exact) mass is 237 g/mol. The minimum absolute atomic E-state index is 0.0278. The van der Waals surface area contributed by atoms with Crippen molar-refractivity contribution in [3.05, 3.63) is 29.8 Å². The Hall–Kier alpha value is -1.55. The van der Waals surface area contributed by atoms with Gasteiger partial charge in [0.2, 0.25) is 0 Å². The molecular formula is C13H19NO3. The van der Waals surface area contributed by atoms with Crippen molar-refractivity contribution in [2.24, 2.45) is 0 Å². The Labute approximate surface area is 102 Å². The highest BCUT2D eigenvalue weighted by Crippen LogP contribution is 2.13. The van der Waals surface area contributed by atoms with Crippen molar-refractivity contribution in [1.29, 1.82) is 0 Å². The first-order valence-electron chi connectivity index (χ1n) is 5.78. The van der Waals surface area contributed by atoms with Gasteiger partial charge in [-0.1, -0.05) is 6.92 Å². The summed E-state index contributed by atoms with van der Waals surface area (Å²) >= 11 is 0. The first-order valence-corrected chi connectivity index (χ1v) is 5.78. The Balaban J connectivity index is 2.63. The molecule has 0 aromatic heterocycles. The zero-order valence-corrected chi connectivity index (χ0v) is 10.3. The number of likely N-dealkylation sites (N-methyl/N-ethyl adjacent to an activating group) is 1. The molecule has 0 aliphatic heterocycles. The summed E-state index contributed by atoms with van der Waals surface area (Å²) in [6, 6.07) is 7.05. The van der Waals surface area contributed by atoms with Crippen molar-refractivity contribution < 1.29 is 14.6 Å². The number of aliphatic hydroxyl groups is 1. The van der Waals surface area contributed by atoms with Crippen LogP contribution in [0.5, 0.6) is 5.75 Å². The van der Waals surface area contributed by atoms with Gasteiger partial charge in [-0.15, -0.1) is 0 Å². The number of nitrogens with zero attached hydrogens (tertiary/aromatic N) is 1. The molecule has 0 radical (unpaired) electrons. The first-order chi connectivity index (χ1) is 8.19. The van der Waals surface area contributed by atoms with Gasteiger partial charge in [-0.3, -0.25) is 4.79 Å². The second-order valence-electron chi connectivity index (χ2n) is 3.82. The molecule has 4 nitrogen and oxygen atoms in total. The minimum atomic E-state index is -0.0962. The van der Waals surface area contributed by atoms with Gasteiger partial charge < -0.3 is 14.7 Å². The van der Waals surface area contributed by atoms with Crippen molar-refractivity contribution in [2.45, 2.75) is 13.3 Å². The topological polar surface area (TPSA) is 49.8 Å². The van der Waals surface area contributed by atoms with Crippen LogP contribution in [-0.4, -0.2) is 42.7 Å². The zero-order valence-electron chi connectivity index (χ0n) is 10.3. The van der Waals surface area contributed by atoms with E-state index in [2.05, 4.69) is 0 Å². The fourth-order valence-electron chi connectivity index (χ4n) is 1.39. The first kappa shape index (κ1) is 13.5. The molecule has 1 amide bonds. The van der Waals surface area contributed by atoms with Crippen molar-refractivity contribution >= 4 is 5.91 Å². The summed E-state index contributed by atoms with van der Waals surface area (Å²) in [5, 5.41) is 8.76. The maximum Gasteiger partial charge on any atom is 0.253 e. The lowest BCUT2D eigenvalue weighted by Crippen LogP contribution is -2.29. The number of carbonyl (C=O) groups excluding carboxylic acids is 1. The summed E-state index contributed by atoms with van der Waals surface area (Å²) in [5.74, 6) is 0.675. The molecule has 1 N–H and O–H groups in total. The van der Waals surface area contributed by atoms with Gasteiger partial charge in [0.1, 0.15) is 5.75 Å². The lowest BCUT2D eigenvalue weighted by Gasteiger charge is -2.15. The van der Waals surface area contributed by atoms with E-state index in [1.54, 1.807) is 31.3 Å². The molecule has 1 rings (SSSR count). The third kappa shape index (κ3) is 4.07. The number of carbonyl (C=O) groups is 1. The summed E-state index contributed by atoms with van der Waals surface area (Å²) in [4.78, 5) is 13.3. The van der Waals surface area contributed by atoms with E-state index in [4.69, 9.17) is 9.84 Å². The molecular weight excluding hydrogens is 218 g/mol. The quantitative estimate of drug-likeness (QED) is 0.816. The van der Waals surface area contributed by atoms with E-state index >= 15 is 0 Å². The van der Waals surface area contributed by atoms with E-state index < -0.39 is 0 Å². The van der Waals surface area contributed by atoms with Gasteiger partial charge in [-0.05, 0) is 30.7 Å². The molecule has 94 valence electrons. The van der Waals surface area contributed by atoms with Crippen molar-refractivity contribution in [2.75, 3.05) is 26.8 Å². The van der Waals surface area contributed by atoms with Crippen LogP contribution in [0.2, 0.25) is 0 Å². The smallest absolute Gasteiger partial charge is 0.253 e. The van der Waals surface area contributed by atoms with E-state index in [1.165, 1.54) is 4.90 Å². The zero-order chi connectivity index (χ0) is 12.7. The number of ether oxygens (including phenoxy) is 1. The van der Waals surface area contributed by atoms with Gasteiger partial charge in [0, 0.05) is 19.2 Å². The van der Waals surface area contributed by atoms with Crippen molar-refractivity contribution in [3.63, 3.8) is 0 Å². The average molecular weight is 237 g/mol. The third-order valence-electron chi connectivity index (χ3n) is 2.36. The molecule has 0 fully saturated rings. The number of hydrogen-bond acceptors (Lipinski definition) is 3. The summed E-state index contributed by atoms with van der Waals surface area (Å²) in [6.45, 7) is 3.03. The van der Waals surface area contributed by atoms with Crippen LogP contribution in [0.4, 0.5) is 0 Å². The van der Waals surface area contributed by atoms with Crippen LogP contribution in [0.25, 0.3) is 0 Å². The van der Waals surface area contributed by atoms with E-state index in [9.17, 15) is 4.79 Å². The molecule has 0 aliphatic carbocycles. The van der Waals surface area contributed by atoms with Crippen LogP contribution in [0.15, 0.2) is 24.3 Å². The average Bonchev–Trinajstić information content (AvgIpc) is 2.36. The molecule has 0 saturated carbocycles. The molecule has 0 atom stereocenters. The Morgan fingerprint density at radius 3 is 2.53 bits per heavy atom. The predicted molar refractivity (Wildman–Crippen MR) is 66.3 cm³/mol. The molecule has 0 saturated heterocycles. The number of rotatable bonds is 6. The minimum Gasteiger partial charge on any atom is -0.494 e. The van der Waals surface area contributed by atoms with Gasteiger partial charge in [-0.2, -0.15) is 0 Å². The molecule has 0 aliphatic rings. The van der Waals surface area contributed by atoms with Gasteiger partial charge in [0.25, 0.3) is 5.91 Å². The Bertz CT molecular complexity index is 348. The van der Waals surface area contributed by atoms with E-state index in [-0.39, 0.29) is 12.5 Å². The van der Waals surface area contributed by atoms with Crippen LogP contribution in [0.1, 0.15) is 23.7 Å². The normalized spacial score (nSPS) is 10.1. The summed E-state index contributed by atoms with van der Waals surface area (Å²) in [5.41, 5.74) is 0.602. The van der Waals surface area contributed by atoms with Crippen LogP contribution in [-0.2, 0) is 0 Å². The molecule has 1 aromatic rings. The Morgan fingerprint density at radius 2 is 2.00 bits per heavy atom. The van der Waals surface area contributed by atoms with Crippen LogP contribution < -0.4 is 4.74 Å². The van der Waals surface area contributed by atoms with Gasteiger partial charge in [-0.25, -0.2) is 0 Å². The number of benzene rings is 1. The lowest BCUT2D eigenvalue weighted by atomic mass is 10.2. The SMILES string of the molecule is CCCOc1ccc(C(=O)N(C)CCO)cc1. The summed E-state index contributed by atoms with van der Waals surface area (Å²) < 4.78 is 5.43. The van der Waals surface area contributed by atoms with Gasteiger partial charge >= 0.3 is 0 Å². The largest absolute Gasteiger partial charge is 0.494 e. The molecule has 0 spiro atoms. The van der Waals surface area contributed by atoms with E-state index in [0.717, 1.165) is 12.2 Å². The maximum absolute atomic E-state index is 11.8. The third-order valence-corrected chi connectivity index (χ3v) is 2.36. The predicted octanol–water partition coefficient (Wildman–Crippen LogP) is 1.54. The summed E-state index contributed by atoms with van der Waals surface area (Å²) in [6.07, 6.45) is 0.958. The lowest BCUT2D eigenvalue weighted by molar-refractivity contribution is 0.0767. The molecule has 4 heteroatoms. The van der Waals surface area contributed by atoms with Gasteiger partial charge in [0.05, 0.1) is 13.2 Å². The highest BCUT2D eigenvalue weighted by Gasteiger charge is 2.10. The molecule has 0 heterocycles. The molecule has 0 unspecified atom stereocenters. The fraction of sp³-hybridized carbons (Fsp3) is 0.462. The highest BCUT2D eigenvalue weighted by molar-refractivity contribution is 5.94. The summed E-state index contributed by atoms with van der Waals surface area (Å²) in [7, 11) is 1.67. The highest BCUT2D eigenvalue weighted by atomic mass is 16.5. The van der Waals surface area contributed by atoms with Crippen molar-refractivity contribution in [3.8, 4) is 5.75 Å². The van der Waals surface area contributed by atoms with Crippen LogP contribution in [0.3, 0.4) is 0 Å². The second kappa shape index (κ2) is 6.91. The Morgan fingerprint density at radius 1 is 1.35 bits per heavy atom. The fourth-order valence-corrected chi connectivity index (χ4v) is 1.39. The molecule has 1 aromatic carbocycles. The van der Waals surface area contributed by atoms with Gasteiger partial charge in [0.15, 0.2) is 0 Å². The van der Waals surface area contributed by atoms with Crippen LogP contribution >= 0.6 is 0 Å². The van der Waals surface area contributed by atoms with E-state index in [0.29, 0.717) is 18.7 Å². The second-order valence-corrected chi connectivity index (χ2v) is 3.82. The number of hydrogen-bond donors (Lipinski definition) is 1.